The molecule has 0 radical (unpaired) electrons. The zero-order valence-electron chi connectivity index (χ0n) is 8.12. The second-order valence-corrected chi connectivity index (χ2v) is 5.04. The number of fused-ring (bicyclic) bond motifs is 2. The minimum Gasteiger partial charge on any atom is -0.481 e. The van der Waals surface area contributed by atoms with E-state index in [2.05, 4.69) is 0 Å². The van der Waals surface area contributed by atoms with Crippen LogP contribution in [0.1, 0.15) is 19.3 Å². The van der Waals surface area contributed by atoms with Gasteiger partial charge in [0.15, 0.2) is 0 Å². The predicted molar refractivity (Wildman–Crippen MR) is 48.5 cm³/mol. The zero-order chi connectivity index (χ0) is 10.8. The van der Waals surface area contributed by atoms with Gasteiger partial charge in [0.1, 0.15) is 5.41 Å². The Morgan fingerprint density at radius 3 is 2.33 bits per heavy atom. The number of hydrogen-bond donors (Lipinski definition) is 1. The van der Waals surface area contributed by atoms with Crippen LogP contribution in [0, 0.1) is 23.2 Å². The van der Waals surface area contributed by atoms with Gasteiger partial charge in [-0.05, 0) is 30.6 Å². The van der Waals surface area contributed by atoms with E-state index in [1.165, 1.54) is 0 Å². The Balaban J connectivity index is 1.94. The van der Waals surface area contributed by atoms with Crippen LogP contribution >= 0.6 is 0 Å². The Kier molecular flexibility index (Phi) is 1.50. The van der Waals surface area contributed by atoms with Gasteiger partial charge in [-0.1, -0.05) is 12.2 Å². The molecule has 2 bridgehead atoms. The fourth-order valence-electron chi connectivity index (χ4n) is 3.45. The first-order valence-corrected chi connectivity index (χ1v) is 5.27. The number of allylic oxidation sites excluding steroid dienone is 2. The van der Waals surface area contributed by atoms with Crippen molar-refractivity contribution < 1.29 is 18.7 Å². The largest absolute Gasteiger partial charge is 0.481 e. The smallest absolute Gasteiger partial charge is 0.316 e. The van der Waals surface area contributed by atoms with E-state index in [1.807, 2.05) is 12.2 Å². The van der Waals surface area contributed by atoms with E-state index in [0.29, 0.717) is 12.3 Å². The molecule has 4 atom stereocenters. The maximum atomic E-state index is 13.3. The molecule has 0 aromatic heterocycles. The molecule has 0 heterocycles. The summed E-state index contributed by atoms with van der Waals surface area (Å²) in [4.78, 5) is 11.1. The van der Waals surface area contributed by atoms with Gasteiger partial charge in [0, 0.05) is 6.42 Å². The molecule has 1 N–H and O–H groups in total. The van der Waals surface area contributed by atoms with Gasteiger partial charge >= 0.3 is 5.97 Å². The number of aliphatic carboxylic acids is 1. The van der Waals surface area contributed by atoms with Gasteiger partial charge in [0.05, 0.1) is 0 Å². The molecule has 0 amide bonds. The van der Waals surface area contributed by atoms with Gasteiger partial charge in [-0.15, -0.1) is 0 Å². The standard InChI is InChI=1S/C11H12F2O2/c12-11(13)5-10(11,9(14)15)8-4-6-1-2-7(8)3-6/h1-2,6-8H,3-5H2,(H,14,15). The minimum absolute atomic E-state index is 0.0690. The molecule has 3 aliphatic rings. The molecular weight excluding hydrogens is 202 g/mol. The summed E-state index contributed by atoms with van der Waals surface area (Å²) in [5.41, 5.74) is -1.74. The molecular formula is C11H12F2O2. The number of carboxylic acid groups (broad SMARTS) is 1. The van der Waals surface area contributed by atoms with Gasteiger partial charge in [0.2, 0.25) is 0 Å². The Morgan fingerprint density at radius 1 is 1.33 bits per heavy atom. The monoisotopic (exact) mass is 214 g/mol. The molecule has 0 spiro atoms. The van der Waals surface area contributed by atoms with Crippen LogP contribution in [-0.2, 0) is 4.79 Å². The maximum Gasteiger partial charge on any atom is 0.316 e. The van der Waals surface area contributed by atoms with Crippen molar-refractivity contribution in [2.24, 2.45) is 23.2 Å². The molecule has 0 aliphatic heterocycles. The van der Waals surface area contributed by atoms with Gasteiger partial charge in [0.25, 0.3) is 5.92 Å². The molecule has 0 aromatic rings. The van der Waals surface area contributed by atoms with Gasteiger partial charge in [-0.2, -0.15) is 0 Å². The Bertz CT molecular complexity index is 364. The van der Waals surface area contributed by atoms with Crippen molar-refractivity contribution in [2.45, 2.75) is 25.2 Å². The average Bonchev–Trinajstić information content (AvgIpc) is 2.58. The van der Waals surface area contributed by atoms with E-state index >= 15 is 0 Å². The zero-order valence-corrected chi connectivity index (χ0v) is 8.12. The summed E-state index contributed by atoms with van der Waals surface area (Å²) < 4.78 is 26.5. The number of hydrogen-bond acceptors (Lipinski definition) is 1. The molecule has 4 heteroatoms. The van der Waals surface area contributed by atoms with Crippen LogP contribution in [-0.4, -0.2) is 17.0 Å². The molecule has 4 unspecified atom stereocenters. The van der Waals surface area contributed by atoms with Gasteiger partial charge in [-0.25, -0.2) is 8.78 Å². The van der Waals surface area contributed by atoms with E-state index in [9.17, 15) is 13.6 Å². The summed E-state index contributed by atoms with van der Waals surface area (Å²) in [5.74, 6) is -4.23. The fraction of sp³-hybridized carbons (Fsp3) is 0.727. The number of rotatable bonds is 2. The molecule has 2 nitrogen and oxygen atoms in total. The van der Waals surface area contributed by atoms with Crippen LogP contribution in [0.5, 0.6) is 0 Å². The van der Waals surface area contributed by atoms with Crippen LogP contribution in [0.3, 0.4) is 0 Å². The third kappa shape index (κ3) is 0.950. The lowest BCUT2D eigenvalue weighted by Gasteiger charge is -2.25. The van der Waals surface area contributed by atoms with Crippen molar-refractivity contribution in [1.82, 2.24) is 0 Å². The highest BCUT2D eigenvalue weighted by molar-refractivity contribution is 5.81. The second-order valence-electron chi connectivity index (χ2n) is 5.04. The summed E-state index contributed by atoms with van der Waals surface area (Å²) in [6, 6.07) is 0. The lowest BCUT2D eigenvalue weighted by atomic mass is 9.79. The molecule has 2 saturated carbocycles. The summed E-state index contributed by atoms with van der Waals surface area (Å²) >= 11 is 0. The van der Waals surface area contributed by atoms with E-state index in [4.69, 9.17) is 5.11 Å². The van der Waals surface area contributed by atoms with Crippen LogP contribution < -0.4 is 0 Å². The van der Waals surface area contributed by atoms with Crippen LogP contribution in [0.25, 0.3) is 0 Å². The van der Waals surface area contributed by atoms with Crippen molar-refractivity contribution in [1.29, 1.82) is 0 Å². The van der Waals surface area contributed by atoms with E-state index in [0.717, 1.165) is 6.42 Å². The Labute approximate surface area is 86.0 Å². The number of carbonyl (C=O) groups is 1. The first-order chi connectivity index (χ1) is 6.97. The highest BCUT2D eigenvalue weighted by Gasteiger charge is 2.80. The molecule has 82 valence electrons. The highest BCUT2D eigenvalue weighted by atomic mass is 19.3. The minimum atomic E-state index is -2.98. The van der Waals surface area contributed by atoms with Crippen LogP contribution in [0.2, 0.25) is 0 Å². The van der Waals surface area contributed by atoms with E-state index in [1.54, 1.807) is 0 Å². The van der Waals surface area contributed by atoms with Crippen molar-refractivity contribution in [3.63, 3.8) is 0 Å². The first kappa shape index (κ1) is 9.31. The van der Waals surface area contributed by atoms with Crippen molar-refractivity contribution in [2.75, 3.05) is 0 Å². The SMILES string of the molecule is O=C(O)C1(C2CC3C=CC2C3)CC1(F)F. The number of carboxylic acids is 1. The Morgan fingerprint density at radius 2 is 2.00 bits per heavy atom. The van der Waals surface area contributed by atoms with Gasteiger partial charge in [-0.3, -0.25) is 4.79 Å². The lowest BCUT2D eigenvalue weighted by molar-refractivity contribution is -0.151. The fourth-order valence-corrected chi connectivity index (χ4v) is 3.45. The lowest BCUT2D eigenvalue weighted by Crippen LogP contribution is -2.33. The van der Waals surface area contributed by atoms with E-state index in [-0.39, 0.29) is 11.8 Å². The normalized spacial score (nSPS) is 49.6. The van der Waals surface area contributed by atoms with Crippen LogP contribution in [0.4, 0.5) is 8.78 Å². The topological polar surface area (TPSA) is 37.3 Å². The average molecular weight is 214 g/mol. The summed E-state index contributed by atoms with van der Waals surface area (Å²) in [6.45, 7) is 0. The summed E-state index contributed by atoms with van der Waals surface area (Å²) in [5, 5.41) is 9.02. The second kappa shape index (κ2) is 2.42. The number of halogens is 2. The first-order valence-electron chi connectivity index (χ1n) is 5.27. The maximum absolute atomic E-state index is 13.3. The van der Waals surface area contributed by atoms with Crippen molar-refractivity contribution in [3.05, 3.63) is 12.2 Å². The molecule has 15 heavy (non-hydrogen) atoms. The summed E-state index contributed by atoms with van der Waals surface area (Å²) in [7, 11) is 0. The van der Waals surface area contributed by atoms with E-state index < -0.39 is 23.7 Å². The summed E-state index contributed by atoms with van der Waals surface area (Å²) in [6.07, 6.45) is 5.01. The number of alkyl halides is 2. The quantitative estimate of drug-likeness (QED) is 0.716. The van der Waals surface area contributed by atoms with Gasteiger partial charge < -0.3 is 5.11 Å². The molecule has 3 aliphatic carbocycles. The predicted octanol–water partition coefficient (Wildman–Crippen LogP) is 2.31. The van der Waals surface area contributed by atoms with Crippen LogP contribution in [0.15, 0.2) is 12.2 Å². The third-order valence-electron chi connectivity index (χ3n) is 4.32. The highest BCUT2D eigenvalue weighted by Crippen LogP contribution is 2.70. The van der Waals surface area contributed by atoms with Crippen molar-refractivity contribution >= 4 is 5.97 Å². The molecule has 2 fully saturated rings. The molecule has 3 rings (SSSR count). The Hall–Kier alpha value is -0.930. The molecule has 0 aromatic carbocycles. The molecule has 0 saturated heterocycles. The van der Waals surface area contributed by atoms with Crippen molar-refractivity contribution in [3.8, 4) is 0 Å². The third-order valence-corrected chi connectivity index (χ3v) is 4.32.